The van der Waals surface area contributed by atoms with E-state index in [0.717, 1.165) is 32.6 Å². The minimum atomic E-state index is 0.0590. The number of ether oxygens (including phenoxy) is 2. The van der Waals surface area contributed by atoms with E-state index in [2.05, 4.69) is 18.7 Å². The van der Waals surface area contributed by atoms with Crippen LogP contribution in [0.25, 0.3) is 0 Å². The number of rotatable bonds is 3. The van der Waals surface area contributed by atoms with Gasteiger partial charge in [-0.25, -0.2) is 0 Å². The lowest BCUT2D eigenvalue weighted by Gasteiger charge is -2.37. The highest BCUT2D eigenvalue weighted by Crippen LogP contribution is 2.29. The molecule has 94 valence electrons. The summed E-state index contributed by atoms with van der Waals surface area (Å²) in [4.78, 5) is 2.55. The van der Waals surface area contributed by atoms with E-state index in [1.54, 1.807) is 0 Å². The fourth-order valence-corrected chi connectivity index (χ4v) is 2.37. The highest BCUT2D eigenvalue weighted by Gasteiger charge is 2.25. The first-order valence-electron chi connectivity index (χ1n) is 6.61. The molecule has 0 N–H and O–H groups in total. The Kier molecular flexibility index (Phi) is 4.22. The van der Waals surface area contributed by atoms with Gasteiger partial charge in [0.15, 0.2) is 6.29 Å². The SMILES string of the molecule is CC1(C)CCN(CCC2OCCCO2)CC1. The molecule has 0 radical (unpaired) electrons. The summed E-state index contributed by atoms with van der Waals surface area (Å²) in [5.41, 5.74) is 0.550. The molecule has 0 amide bonds. The van der Waals surface area contributed by atoms with Gasteiger partial charge in [0.05, 0.1) is 13.2 Å². The van der Waals surface area contributed by atoms with Crippen LogP contribution < -0.4 is 0 Å². The topological polar surface area (TPSA) is 21.7 Å². The van der Waals surface area contributed by atoms with Crippen LogP contribution in [0.5, 0.6) is 0 Å². The number of nitrogens with zero attached hydrogens (tertiary/aromatic N) is 1. The lowest BCUT2D eigenvalue weighted by molar-refractivity contribution is -0.183. The van der Waals surface area contributed by atoms with Crippen molar-refractivity contribution in [1.29, 1.82) is 0 Å². The van der Waals surface area contributed by atoms with Crippen LogP contribution in [0.15, 0.2) is 0 Å². The van der Waals surface area contributed by atoms with Gasteiger partial charge in [-0.3, -0.25) is 0 Å². The van der Waals surface area contributed by atoms with E-state index >= 15 is 0 Å². The van der Waals surface area contributed by atoms with Crippen LogP contribution >= 0.6 is 0 Å². The fourth-order valence-electron chi connectivity index (χ4n) is 2.37. The molecule has 0 aromatic heterocycles. The van der Waals surface area contributed by atoms with E-state index in [-0.39, 0.29) is 6.29 Å². The van der Waals surface area contributed by atoms with Crippen molar-refractivity contribution < 1.29 is 9.47 Å². The maximum Gasteiger partial charge on any atom is 0.158 e. The molecule has 3 nitrogen and oxygen atoms in total. The van der Waals surface area contributed by atoms with Crippen molar-refractivity contribution in [2.24, 2.45) is 5.41 Å². The molecule has 16 heavy (non-hydrogen) atoms. The quantitative estimate of drug-likeness (QED) is 0.738. The summed E-state index contributed by atoms with van der Waals surface area (Å²) in [6.07, 6.45) is 4.77. The fraction of sp³-hybridized carbons (Fsp3) is 1.00. The average Bonchev–Trinajstić information content (AvgIpc) is 2.29. The zero-order valence-corrected chi connectivity index (χ0v) is 10.7. The van der Waals surface area contributed by atoms with Gasteiger partial charge < -0.3 is 14.4 Å². The highest BCUT2D eigenvalue weighted by molar-refractivity contribution is 4.78. The first-order chi connectivity index (χ1) is 7.66. The van der Waals surface area contributed by atoms with Gasteiger partial charge in [-0.05, 0) is 37.8 Å². The number of likely N-dealkylation sites (tertiary alicyclic amines) is 1. The van der Waals surface area contributed by atoms with Gasteiger partial charge in [0, 0.05) is 13.0 Å². The molecular formula is C13H25NO2. The summed E-state index contributed by atoms with van der Waals surface area (Å²) in [7, 11) is 0. The second-order valence-corrected chi connectivity index (χ2v) is 5.82. The van der Waals surface area contributed by atoms with Crippen LogP contribution in [0.3, 0.4) is 0 Å². The van der Waals surface area contributed by atoms with Crippen molar-refractivity contribution in [2.75, 3.05) is 32.8 Å². The first-order valence-corrected chi connectivity index (χ1v) is 6.61. The first kappa shape index (κ1) is 12.3. The number of piperidine rings is 1. The van der Waals surface area contributed by atoms with Crippen LogP contribution in [0, 0.1) is 5.41 Å². The average molecular weight is 227 g/mol. The summed E-state index contributed by atoms with van der Waals surface area (Å²) in [6, 6.07) is 0. The minimum absolute atomic E-state index is 0.0590. The molecule has 0 spiro atoms. The Hall–Kier alpha value is -0.120. The maximum absolute atomic E-state index is 5.56. The normalized spacial score (nSPS) is 28.1. The predicted molar refractivity (Wildman–Crippen MR) is 64.4 cm³/mol. The van der Waals surface area contributed by atoms with Crippen molar-refractivity contribution in [2.45, 2.75) is 45.8 Å². The molecule has 0 unspecified atom stereocenters. The molecule has 2 aliphatic heterocycles. The molecule has 2 fully saturated rings. The third kappa shape index (κ3) is 3.72. The zero-order valence-electron chi connectivity index (χ0n) is 10.7. The molecule has 0 atom stereocenters. The molecule has 0 aliphatic carbocycles. The second kappa shape index (κ2) is 5.48. The standard InChI is InChI=1S/C13H25NO2/c1-13(2)5-8-14(9-6-13)7-4-12-15-10-3-11-16-12/h12H,3-11H2,1-2H3. The van der Waals surface area contributed by atoms with Crippen molar-refractivity contribution in [3.63, 3.8) is 0 Å². The van der Waals surface area contributed by atoms with Crippen LogP contribution in [-0.4, -0.2) is 44.0 Å². The monoisotopic (exact) mass is 227 g/mol. The van der Waals surface area contributed by atoms with E-state index in [1.807, 2.05) is 0 Å². The van der Waals surface area contributed by atoms with Crippen molar-refractivity contribution in [3.8, 4) is 0 Å². The van der Waals surface area contributed by atoms with E-state index < -0.39 is 0 Å². The number of hydrogen-bond donors (Lipinski definition) is 0. The van der Waals surface area contributed by atoms with Crippen LogP contribution in [-0.2, 0) is 9.47 Å². The molecule has 0 saturated carbocycles. The molecule has 2 saturated heterocycles. The van der Waals surface area contributed by atoms with E-state index in [9.17, 15) is 0 Å². The molecule has 0 bridgehead atoms. The van der Waals surface area contributed by atoms with Crippen molar-refractivity contribution in [3.05, 3.63) is 0 Å². The van der Waals surface area contributed by atoms with Gasteiger partial charge in [0.2, 0.25) is 0 Å². The lowest BCUT2D eigenvalue weighted by atomic mass is 9.83. The minimum Gasteiger partial charge on any atom is -0.353 e. The molecule has 0 aromatic rings. The Bertz CT molecular complexity index is 202. The molecule has 2 heterocycles. The molecule has 0 aromatic carbocycles. The maximum atomic E-state index is 5.56. The zero-order chi connectivity index (χ0) is 11.4. The third-order valence-electron chi connectivity index (χ3n) is 3.79. The Morgan fingerprint density at radius 1 is 1.12 bits per heavy atom. The Morgan fingerprint density at radius 2 is 1.75 bits per heavy atom. The smallest absolute Gasteiger partial charge is 0.158 e. The Balaban J connectivity index is 1.63. The van der Waals surface area contributed by atoms with Crippen LogP contribution in [0.1, 0.15) is 39.5 Å². The molecule has 3 heteroatoms. The summed E-state index contributed by atoms with van der Waals surface area (Å²) >= 11 is 0. The molecular weight excluding hydrogens is 202 g/mol. The van der Waals surface area contributed by atoms with E-state index in [1.165, 1.54) is 25.9 Å². The summed E-state index contributed by atoms with van der Waals surface area (Å²) < 4.78 is 11.1. The largest absolute Gasteiger partial charge is 0.353 e. The van der Waals surface area contributed by atoms with Gasteiger partial charge in [-0.2, -0.15) is 0 Å². The van der Waals surface area contributed by atoms with Crippen LogP contribution in [0.4, 0.5) is 0 Å². The summed E-state index contributed by atoms with van der Waals surface area (Å²) in [6.45, 7) is 10.1. The van der Waals surface area contributed by atoms with E-state index in [0.29, 0.717) is 5.41 Å². The van der Waals surface area contributed by atoms with Gasteiger partial charge in [-0.15, -0.1) is 0 Å². The van der Waals surface area contributed by atoms with Crippen molar-refractivity contribution >= 4 is 0 Å². The lowest BCUT2D eigenvalue weighted by Crippen LogP contribution is -2.39. The van der Waals surface area contributed by atoms with Crippen molar-refractivity contribution in [1.82, 2.24) is 4.90 Å². The van der Waals surface area contributed by atoms with Gasteiger partial charge in [0.25, 0.3) is 0 Å². The third-order valence-corrected chi connectivity index (χ3v) is 3.79. The summed E-state index contributed by atoms with van der Waals surface area (Å²) in [5, 5.41) is 0. The van der Waals surface area contributed by atoms with Gasteiger partial charge in [0.1, 0.15) is 0 Å². The van der Waals surface area contributed by atoms with Gasteiger partial charge in [-0.1, -0.05) is 13.8 Å². The predicted octanol–water partition coefficient (Wildman–Crippen LogP) is 2.26. The number of hydrogen-bond acceptors (Lipinski definition) is 3. The van der Waals surface area contributed by atoms with Crippen LogP contribution in [0.2, 0.25) is 0 Å². The second-order valence-electron chi connectivity index (χ2n) is 5.82. The summed E-state index contributed by atoms with van der Waals surface area (Å²) in [5.74, 6) is 0. The molecule has 2 aliphatic rings. The van der Waals surface area contributed by atoms with Gasteiger partial charge >= 0.3 is 0 Å². The molecule has 2 rings (SSSR count). The Labute approximate surface area is 99.1 Å². The highest BCUT2D eigenvalue weighted by atomic mass is 16.7. The Morgan fingerprint density at radius 3 is 2.38 bits per heavy atom. The van der Waals surface area contributed by atoms with E-state index in [4.69, 9.17) is 9.47 Å².